The lowest BCUT2D eigenvalue weighted by molar-refractivity contribution is -0.138. The molecule has 0 spiro atoms. The van der Waals surface area contributed by atoms with Gasteiger partial charge in [0.1, 0.15) is 18.6 Å². The monoisotopic (exact) mass is 495 g/mol. The van der Waals surface area contributed by atoms with Gasteiger partial charge in [-0.25, -0.2) is 4.98 Å². The zero-order valence-electron chi connectivity index (χ0n) is 19.5. The molecule has 1 fully saturated rings. The summed E-state index contributed by atoms with van der Waals surface area (Å²) in [6.45, 7) is 0.146. The molecule has 1 aliphatic rings. The summed E-state index contributed by atoms with van der Waals surface area (Å²) >= 11 is 0. The Morgan fingerprint density at radius 3 is 2.58 bits per heavy atom. The zero-order chi connectivity index (χ0) is 25.5. The molecule has 3 amide bonds. The Bertz CT molecular complexity index is 1220. The van der Waals surface area contributed by atoms with Gasteiger partial charge in [-0.1, -0.05) is 18.2 Å². The Hall–Kier alpha value is -4.19. The summed E-state index contributed by atoms with van der Waals surface area (Å²) in [5.74, 6) is -2.70. The predicted molar refractivity (Wildman–Crippen MR) is 130 cm³/mol. The Labute approximate surface area is 206 Å². The van der Waals surface area contributed by atoms with E-state index in [1.165, 1.54) is 6.33 Å². The number of para-hydroxylation sites is 1. The van der Waals surface area contributed by atoms with Crippen molar-refractivity contribution in [3.63, 3.8) is 0 Å². The summed E-state index contributed by atoms with van der Waals surface area (Å²) < 4.78 is 0. The molecule has 0 saturated carbocycles. The average molecular weight is 496 g/mol. The lowest BCUT2D eigenvalue weighted by atomic mass is 10.0. The van der Waals surface area contributed by atoms with Gasteiger partial charge in [-0.3, -0.25) is 19.2 Å². The third-order valence-corrected chi connectivity index (χ3v) is 6.13. The molecule has 4 rings (SSSR count). The summed E-state index contributed by atoms with van der Waals surface area (Å²) in [6, 6.07) is 5.10. The van der Waals surface area contributed by atoms with Gasteiger partial charge in [0.2, 0.25) is 17.7 Å². The summed E-state index contributed by atoms with van der Waals surface area (Å²) in [5, 5.41) is 20.8. The van der Waals surface area contributed by atoms with Crippen LogP contribution in [0.3, 0.4) is 0 Å². The van der Waals surface area contributed by atoms with Crippen LogP contribution in [0.15, 0.2) is 43.0 Å². The largest absolute Gasteiger partial charge is 0.480 e. The number of carboxylic acids is 1. The van der Waals surface area contributed by atoms with Crippen LogP contribution in [-0.2, 0) is 32.0 Å². The number of carbonyl (C=O) groups is 4. The molecule has 0 aliphatic carbocycles. The molecule has 3 heterocycles. The molecule has 36 heavy (non-hydrogen) atoms. The highest BCUT2D eigenvalue weighted by atomic mass is 16.4. The van der Waals surface area contributed by atoms with Crippen LogP contribution in [0, 0.1) is 0 Å². The number of fused-ring (bicyclic) bond motifs is 1. The summed E-state index contributed by atoms with van der Waals surface area (Å²) in [7, 11) is 0. The molecule has 1 aliphatic heterocycles. The number of nitrogens with one attached hydrogen (secondary N) is 6. The van der Waals surface area contributed by atoms with Gasteiger partial charge in [-0.15, -0.1) is 0 Å². The van der Waals surface area contributed by atoms with Crippen LogP contribution in [0.5, 0.6) is 0 Å². The minimum Gasteiger partial charge on any atom is -0.480 e. The normalized spacial score (nSPS) is 16.8. The molecule has 2 aromatic heterocycles. The fraction of sp³-hybridized carbons (Fsp3) is 0.375. The molecule has 1 saturated heterocycles. The highest BCUT2D eigenvalue weighted by Gasteiger charge is 2.31. The topological polar surface area (TPSA) is 181 Å². The lowest BCUT2D eigenvalue weighted by Crippen LogP contribution is -2.57. The highest BCUT2D eigenvalue weighted by molar-refractivity contribution is 5.94. The van der Waals surface area contributed by atoms with E-state index in [1.54, 1.807) is 12.4 Å². The van der Waals surface area contributed by atoms with Crippen molar-refractivity contribution in [3.05, 3.63) is 54.2 Å². The first-order valence-electron chi connectivity index (χ1n) is 11.8. The summed E-state index contributed by atoms with van der Waals surface area (Å²) in [4.78, 5) is 60.1. The van der Waals surface area contributed by atoms with Gasteiger partial charge in [0.25, 0.3) is 0 Å². The second-order valence-electron chi connectivity index (χ2n) is 8.73. The van der Waals surface area contributed by atoms with Crippen LogP contribution in [-0.4, -0.2) is 75.0 Å². The van der Waals surface area contributed by atoms with Crippen molar-refractivity contribution >= 4 is 34.6 Å². The first kappa shape index (κ1) is 24.9. The van der Waals surface area contributed by atoms with Crippen molar-refractivity contribution in [3.8, 4) is 0 Å². The number of hydrogen-bond acceptors (Lipinski definition) is 6. The summed E-state index contributed by atoms with van der Waals surface area (Å²) in [6.07, 6.45) is 6.59. The molecule has 190 valence electrons. The van der Waals surface area contributed by atoms with Gasteiger partial charge >= 0.3 is 5.97 Å². The minimum atomic E-state index is -1.20. The standard InChI is InChI=1S/C24H29N7O5/c32-21(33)12-28-22(34)19(8-14-10-27-17-5-2-1-4-16(14)17)30-24(36)20(9-15-11-25-13-29-15)31-23(35)18-6-3-7-26-18/h1-2,4-5,10-11,13,18-20,26-27H,3,6-9,12H2,(H,25,29)(H,28,34)(H,30,36)(H,31,35)(H,32,33). The van der Waals surface area contributed by atoms with Crippen molar-refractivity contribution in [1.82, 2.24) is 36.2 Å². The first-order chi connectivity index (χ1) is 17.4. The van der Waals surface area contributed by atoms with Gasteiger partial charge < -0.3 is 36.3 Å². The number of H-pyrrole nitrogens is 2. The maximum atomic E-state index is 13.4. The molecule has 12 heteroatoms. The van der Waals surface area contributed by atoms with Crippen molar-refractivity contribution < 1.29 is 24.3 Å². The van der Waals surface area contributed by atoms with Gasteiger partial charge in [0, 0.05) is 41.8 Å². The van der Waals surface area contributed by atoms with E-state index in [0.717, 1.165) is 29.4 Å². The Morgan fingerprint density at radius 1 is 1.06 bits per heavy atom. The lowest BCUT2D eigenvalue weighted by Gasteiger charge is -2.24. The molecular formula is C24H29N7O5. The quantitative estimate of drug-likeness (QED) is 0.189. The molecular weight excluding hydrogens is 466 g/mol. The average Bonchev–Trinajstić information content (AvgIpc) is 3.64. The molecule has 0 radical (unpaired) electrons. The van der Waals surface area contributed by atoms with Gasteiger partial charge in [0.05, 0.1) is 12.4 Å². The maximum Gasteiger partial charge on any atom is 0.322 e. The number of aromatic nitrogens is 3. The number of amides is 3. The Kier molecular flexibility index (Phi) is 7.95. The molecule has 1 aromatic carbocycles. The van der Waals surface area contributed by atoms with E-state index in [0.29, 0.717) is 12.1 Å². The third kappa shape index (κ3) is 6.27. The molecule has 12 nitrogen and oxygen atoms in total. The van der Waals surface area contributed by atoms with Crippen LogP contribution in [0.1, 0.15) is 24.1 Å². The number of imidazole rings is 1. The fourth-order valence-corrected chi connectivity index (χ4v) is 4.29. The van der Waals surface area contributed by atoms with Gasteiger partial charge in [0.15, 0.2) is 0 Å². The van der Waals surface area contributed by atoms with Crippen LogP contribution in [0.4, 0.5) is 0 Å². The van der Waals surface area contributed by atoms with E-state index < -0.39 is 36.4 Å². The number of hydrogen-bond donors (Lipinski definition) is 7. The van der Waals surface area contributed by atoms with Crippen molar-refractivity contribution in [2.24, 2.45) is 0 Å². The second kappa shape index (κ2) is 11.5. The van der Waals surface area contributed by atoms with E-state index in [-0.39, 0.29) is 24.8 Å². The van der Waals surface area contributed by atoms with Crippen molar-refractivity contribution in [2.45, 2.75) is 43.8 Å². The molecule has 0 bridgehead atoms. The zero-order valence-corrected chi connectivity index (χ0v) is 19.5. The van der Waals surface area contributed by atoms with Crippen molar-refractivity contribution in [1.29, 1.82) is 0 Å². The number of aliphatic carboxylic acids is 1. The maximum absolute atomic E-state index is 13.4. The van der Waals surface area contributed by atoms with E-state index in [2.05, 4.69) is 36.2 Å². The number of rotatable bonds is 11. The van der Waals surface area contributed by atoms with Gasteiger partial charge in [-0.2, -0.15) is 0 Å². The Balaban J connectivity index is 1.53. The number of aromatic amines is 2. The minimum absolute atomic E-state index is 0.121. The predicted octanol–water partition coefficient (Wildman–Crippen LogP) is -0.401. The third-order valence-electron chi connectivity index (χ3n) is 6.13. The number of benzene rings is 1. The fourth-order valence-electron chi connectivity index (χ4n) is 4.29. The van der Waals surface area contributed by atoms with Crippen LogP contribution in [0.2, 0.25) is 0 Å². The van der Waals surface area contributed by atoms with Crippen LogP contribution < -0.4 is 21.3 Å². The molecule has 3 aromatic rings. The Morgan fingerprint density at radius 2 is 1.86 bits per heavy atom. The van der Waals surface area contributed by atoms with E-state index in [4.69, 9.17) is 5.11 Å². The summed E-state index contributed by atoms with van der Waals surface area (Å²) in [5.41, 5.74) is 2.29. The number of nitrogens with zero attached hydrogens (tertiary/aromatic N) is 1. The smallest absolute Gasteiger partial charge is 0.322 e. The molecule has 7 N–H and O–H groups in total. The second-order valence-corrected chi connectivity index (χ2v) is 8.73. The van der Waals surface area contributed by atoms with Crippen molar-refractivity contribution in [2.75, 3.05) is 13.1 Å². The number of carboxylic acid groups (broad SMARTS) is 1. The highest BCUT2D eigenvalue weighted by Crippen LogP contribution is 2.19. The molecule has 3 unspecified atom stereocenters. The van der Waals surface area contributed by atoms with E-state index in [1.807, 2.05) is 24.3 Å². The number of carbonyl (C=O) groups excluding carboxylic acids is 3. The first-order valence-corrected chi connectivity index (χ1v) is 11.8. The molecule has 3 atom stereocenters. The van der Waals surface area contributed by atoms with Crippen LogP contribution in [0.25, 0.3) is 10.9 Å². The SMILES string of the molecule is O=C(O)CNC(=O)C(Cc1c[nH]c2ccccc12)NC(=O)C(Cc1cnc[nH]1)NC(=O)C1CCCN1. The van der Waals surface area contributed by atoms with E-state index >= 15 is 0 Å². The van der Waals surface area contributed by atoms with Crippen LogP contribution >= 0.6 is 0 Å². The van der Waals surface area contributed by atoms with E-state index in [9.17, 15) is 19.2 Å². The van der Waals surface area contributed by atoms with Gasteiger partial charge in [-0.05, 0) is 31.0 Å².